The third kappa shape index (κ3) is 2.91. The quantitative estimate of drug-likeness (QED) is 0.900. The van der Waals surface area contributed by atoms with Gasteiger partial charge < -0.3 is 5.32 Å². The first kappa shape index (κ1) is 11.8. The molecule has 2 aromatic rings. The summed E-state index contributed by atoms with van der Waals surface area (Å²) in [4.78, 5) is 12.3. The summed E-state index contributed by atoms with van der Waals surface area (Å²) in [5, 5.41) is 7.34. The lowest BCUT2D eigenvalue weighted by molar-refractivity contribution is 0.739. The molecular weight excluding hydrogens is 240 g/mol. The predicted molar refractivity (Wildman–Crippen MR) is 65.3 cm³/mol. The molecule has 2 aromatic heterocycles. The third-order valence-electron chi connectivity index (χ3n) is 2.29. The van der Waals surface area contributed by atoms with Crippen molar-refractivity contribution < 1.29 is 0 Å². The van der Waals surface area contributed by atoms with Crippen LogP contribution >= 0.6 is 11.6 Å². The molecule has 0 spiro atoms. The second-order valence-corrected chi connectivity index (χ2v) is 3.97. The standard InChI is InChI=1S/C10H13ClN6/c1-3-7(2)13-9-14-8(11)15-10(16-9)17-6-4-5-12-17/h4-7H,3H2,1-2H3,(H,13,14,15,16). The number of aromatic nitrogens is 5. The van der Waals surface area contributed by atoms with Gasteiger partial charge in [-0.15, -0.1) is 0 Å². The van der Waals surface area contributed by atoms with Crippen LogP contribution < -0.4 is 5.32 Å². The van der Waals surface area contributed by atoms with Crippen LogP contribution in [0.5, 0.6) is 0 Å². The highest BCUT2D eigenvalue weighted by atomic mass is 35.5. The molecule has 0 aromatic carbocycles. The average molecular weight is 253 g/mol. The van der Waals surface area contributed by atoms with Crippen molar-refractivity contribution in [2.75, 3.05) is 5.32 Å². The molecule has 0 saturated heterocycles. The summed E-state index contributed by atoms with van der Waals surface area (Å²) in [7, 11) is 0. The number of nitrogens with zero attached hydrogens (tertiary/aromatic N) is 5. The average Bonchev–Trinajstić information content (AvgIpc) is 2.81. The van der Waals surface area contributed by atoms with Crippen LogP contribution in [0.2, 0.25) is 5.28 Å². The number of hydrogen-bond donors (Lipinski definition) is 1. The highest BCUT2D eigenvalue weighted by Gasteiger charge is 2.08. The molecule has 2 heterocycles. The number of halogens is 1. The highest BCUT2D eigenvalue weighted by Crippen LogP contribution is 2.10. The fourth-order valence-electron chi connectivity index (χ4n) is 1.22. The maximum absolute atomic E-state index is 5.85. The van der Waals surface area contributed by atoms with Crippen molar-refractivity contribution in [1.82, 2.24) is 24.7 Å². The van der Waals surface area contributed by atoms with E-state index in [2.05, 4.69) is 32.3 Å². The molecule has 0 radical (unpaired) electrons. The number of hydrogen-bond acceptors (Lipinski definition) is 5. The summed E-state index contributed by atoms with van der Waals surface area (Å²) in [6, 6.07) is 2.07. The van der Waals surface area contributed by atoms with Crippen LogP contribution in [0.4, 0.5) is 5.95 Å². The molecule has 0 saturated carbocycles. The second kappa shape index (κ2) is 5.09. The third-order valence-corrected chi connectivity index (χ3v) is 2.46. The van der Waals surface area contributed by atoms with Gasteiger partial charge in [0, 0.05) is 18.4 Å². The van der Waals surface area contributed by atoms with Crippen LogP contribution in [-0.2, 0) is 0 Å². The van der Waals surface area contributed by atoms with Gasteiger partial charge in [-0.25, -0.2) is 4.68 Å². The van der Waals surface area contributed by atoms with Gasteiger partial charge in [0.1, 0.15) is 0 Å². The molecule has 6 nitrogen and oxygen atoms in total. The highest BCUT2D eigenvalue weighted by molar-refractivity contribution is 6.28. The molecule has 7 heteroatoms. The van der Waals surface area contributed by atoms with E-state index in [-0.39, 0.29) is 11.3 Å². The Bertz CT molecular complexity index is 484. The Labute approximate surface area is 104 Å². The summed E-state index contributed by atoms with van der Waals surface area (Å²) in [6.45, 7) is 4.13. The molecule has 0 fully saturated rings. The van der Waals surface area contributed by atoms with Gasteiger partial charge in [0.05, 0.1) is 0 Å². The summed E-state index contributed by atoms with van der Waals surface area (Å²) < 4.78 is 1.54. The molecule has 0 aliphatic heterocycles. The summed E-state index contributed by atoms with van der Waals surface area (Å²) in [6.07, 6.45) is 4.37. The second-order valence-electron chi connectivity index (χ2n) is 3.63. The van der Waals surface area contributed by atoms with E-state index in [1.807, 2.05) is 6.92 Å². The monoisotopic (exact) mass is 252 g/mol. The van der Waals surface area contributed by atoms with Crippen LogP contribution in [-0.4, -0.2) is 30.8 Å². The minimum absolute atomic E-state index is 0.149. The first-order chi connectivity index (χ1) is 8.19. The van der Waals surface area contributed by atoms with Gasteiger partial charge in [-0.3, -0.25) is 0 Å². The maximum Gasteiger partial charge on any atom is 0.256 e. The maximum atomic E-state index is 5.85. The molecule has 1 N–H and O–H groups in total. The first-order valence-electron chi connectivity index (χ1n) is 5.37. The Hall–Kier alpha value is -1.69. The van der Waals surface area contributed by atoms with E-state index in [0.29, 0.717) is 11.9 Å². The van der Waals surface area contributed by atoms with Crippen molar-refractivity contribution in [3.63, 3.8) is 0 Å². The minimum Gasteiger partial charge on any atom is -0.352 e. The van der Waals surface area contributed by atoms with E-state index < -0.39 is 0 Å². The summed E-state index contributed by atoms with van der Waals surface area (Å²) in [5.41, 5.74) is 0. The fourth-order valence-corrected chi connectivity index (χ4v) is 1.37. The van der Waals surface area contributed by atoms with Crippen molar-refractivity contribution in [1.29, 1.82) is 0 Å². The topological polar surface area (TPSA) is 68.5 Å². The number of anilines is 1. The van der Waals surface area contributed by atoms with Gasteiger partial charge in [-0.1, -0.05) is 6.92 Å². The molecule has 0 bridgehead atoms. The Balaban J connectivity index is 2.30. The van der Waals surface area contributed by atoms with Gasteiger partial charge in [0.2, 0.25) is 11.2 Å². The Morgan fingerprint density at radius 2 is 2.24 bits per heavy atom. The van der Waals surface area contributed by atoms with Crippen molar-refractivity contribution >= 4 is 17.5 Å². The van der Waals surface area contributed by atoms with E-state index in [0.717, 1.165) is 6.42 Å². The predicted octanol–water partition coefficient (Wildman–Crippen LogP) is 1.92. The van der Waals surface area contributed by atoms with E-state index in [9.17, 15) is 0 Å². The Morgan fingerprint density at radius 1 is 1.41 bits per heavy atom. The van der Waals surface area contributed by atoms with E-state index >= 15 is 0 Å². The van der Waals surface area contributed by atoms with Crippen LogP contribution in [0.15, 0.2) is 18.5 Å². The molecular formula is C10H13ClN6. The smallest absolute Gasteiger partial charge is 0.256 e. The zero-order valence-electron chi connectivity index (χ0n) is 9.63. The lowest BCUT2D eigenvalue weighted by Crippen LogP contribution is -2.17. The SMILES string of the molecule is CCC(C)Nc1nc(Cl)nc(-n2cccn2)n1. The van der Waals surface area contributed by atoms with Gasteiger partial charge in [-0.2, -0.15) is 20.1 Å². The van der Waals surface area contributed by atoms with Crippen LogP contribution in [0.1, 0.15) is 20.3 Å². The van der Waals surface area contributed by atoms with Gasteiger partial charge >= 0.3 is 0 Å². The molecule has 17 heavy (non-hydrogen) atoms. The van der Waals surface area contributed by atoms with Gasteiger partial charge in [-0.05, 0) is 31.0 Å². The van der Waals surface area contributed by atoms with E-state index in [1.54, 1.807) is 18.5 Å². The molecule has 2 rings (SSSR count). The summed E-state index contributed by atoms with van der Waals surface area (Å²) in [5.74, 6) is 0.866. The van der Waals surface area contributed by atoms with Crippen molar-refractivity contribution in [2.24, 2.45) is 0 Å². The molecule has 0 aliphatic carbocycles. The van der Waals surface area contributed by atoms with Crippen molar-refractivity contribution in [3.05, 3.63) is 23.7 Å². The van der Waals surface area contributed by atoms with Crippen LogP contribution in [0, 0.1) is 0 Å². The molecule has 1 atom stereocenters. The normalized spacial score (nSPS) is 12.4. The fraction of sp³-hybridized carbons (Fsp3) is 0.400. The number of rotatable bonds is 4. The molecule has 0 aliphatic rings. The van der Waals surface area contributed by atoms with Crippen LogP contribution in [0.3, 0.4) is 0 Å². The Kier molecular flexibility index (Phi) is 3.53. The lowest BCUT2D eigenvalue weighted by atomic mass is 10.3. The Morgan fingerprint density at radius 3 is 2.88 bits per heavy atom. The van der Waals surface area contributed by atoms with Crippen molar-refractivity contribution in [3.8, 4) is 5.95 Å². The zero-order chi connectivity index (χ0) is 12.3. The first-order valence-corrected chi connectivity index (χ1v) is 5.75. The zero-order valence-corrected chi connectivity index (χ0v) is 10.4. The lowest BCUT2D eigenvalue weighted by Gasteiger charge is -2.11. The van der Waals surface area contributed by atoms with Crippen molar-refractivity contribution in [2.45, 2.75) is 26.3 Å². The number of nitrogens with one attached hydrogen (secondary N) is 1. The largest absolute Gasteiger partial charge is 0.352 e. The van der Waals surface area contributed by atoms with Crippen LogP contribution in [0.25, 0.3) is 5.95 Å². The minimum atomic E-state index is 0.149. The van der Waals surface area contributed by atoms with Gasteiger partial charge in [0.25, 0.3) is 5.95 Å². The van der Waals surface area contributed by atoms with E-state index in [1.165, 1.54) is 4.68 Å². The van der Waals surface area contributed by atoms with Gasteiger partial charge in [0.15, 0.2) is 0 Å². The molecule has 0 amide bonds. The molecule has 1 unspecified atom stereocenters. The molecule has 90 valence electrons. The summed E-state index contributed by atoms with van der Waals surface area (Å²) >= 11 is 5.85. The van der Waals surface area contributed by atoms with E-state index in [4.69, 9.17) is 11.6 Å².